The van der Waals surface area contributed by atoms with Gasteiger partial charge in [0, 0.05) is 32.7 Å². The van der Waals surface area contributed by atoms with Crippen molar-refractivity contribution >= 4 is 5.96 Å². The summed E-state index contributed by atoms with van der Waals surface area (Å²) in [6.07, 6.45) is -1.64. The molecule has 0 bridgehead atoms. The summed E-state index contributed by atoms with van der Waals surface area (Å²) in [6, 6.07) is 0. The van der Waals surface area contributed by atoms with Crippen LogP contribution in [0.2, 0.25) is 0 Å². The average Bonchev–Trinajstić information content (AvgIpc) is 2.67. The number of nitrogens with one attached hydrogen (secondary N) is 2. The number of hydrogen-bond acceptors (Lipinski definition) is 5. The summed E-state index contributed by atoms with van der Waals surface area (Å²) in [5.41, 5.74) is -0.926. The number of halogens is 3. The summed E-state index contributed by atoms with van der Waals surface area (Å²) < 4.78 is 42.8. The number of alkyl halides is 3. The lowest BCUT2D eigenvalue weighted by Crippen LogP contribution is -2.48. The van der Waals surface area contributed by atoms with E-state index in [1.54, 1.807) is 6.92 Å². The molecule has 0 aliphatic carbocycles. The minimum Gasteiger partial charge on any atom is -0.387 e. The first-order chi connectivity index (χ1) is 14.2. The van der Waals surface area contributed by atoms with Crippen LogP contribution in [0.3, 0.4) is 0 Å². The van der Waals surface area contributed by atoms with Gasteiger partial charge in [0.05, 0.1) is 31.9 Å². The molecule has 0 spiro atoms. The van der Waals surface area contributed by atoms with Crippen molar-refractivity contribution < 1.29 is 23.0 Å². The molecule has 0 radical (unpaired) electrons. The lowest BCUT2D eigenvalue weighted by molar-refractivity contribution is -0.148. The van der Waals surface area contributed by atoms with Crippen molar-refractivity contribution in [3.05, 3.63) is 0 Å². The second kappa shape index (κ2) is 12.1. The monoisotopic (exact) mass is 437 g/mol. The molecule has 176 valence electrons. The zero-order valence-electron chi connectivity index (χ0n) is 18.3. The molecule has 1 unspecified atom stereocenters. The smallest absolute Gasteiger partial charge is 0.387 e. The average molecular weight is 438 g/mol. The number of nitrogens with zero attached hydrogens (tertiary/aromatic N) is 3. The van der Waals surface area contributed by atoms with Crippen LogP contribution in [0.15, 0.2) is 4.99 Å². The molecule has 10 heteroatoms. The van der Waals surface area contributed by atoms with Gasteiger partial charge < -0.3 is 20.5 Å². The SMILES string of the molecule is CCNC(=NCC(C)(O)CN1CCOCC1)NCCC1CCN(CC(F)(F)F)CC1. The van der Waals surface area contributed by atoms with Crippen molar-refractivity contribution in [1.29, 1.82) is 0 Å². The number of piperidine rings is 1. The maximum absolute atomic E-state index is 12.5. The van der Waals surface area contributed by atoms with E-state index in [-0.39, 0.29) is 6.54 Å². The topological polar surface area (TPSA) is 72.4 Å². The molecule has 2 fully saturated rings. The van der Waals surface area contributed by atoms with Gasteiger partial charge in [0.1, 0.15) is 0 Å². The van der Waals surface area contributed by atoms with Gasteiger partial charge in [-0.05, 0) is 52.1 Å². The Labute approximate surface area is 178 Å². The zero-order valence-corrected chi connectivity index (χ0v) is 18.3. The van der Waals surface area contributed by atoms with E-state index >= 15 is 0 Å². The van der Waals surface area contributed by atoms with E-state index in [9.17, 15) is 18.3 Å². The standard InChI is InChI=1S/C20H38F3N5O2/c1-3-24-18(26-14-19(2,29)15-28-10-12-30-13-11-28)25-7-4-17-5-8-27(9-6-17)16-20(21,22)23/h17,29H,3-16H2,1-2H3,(H2,24,25,26). The van der Waals surface area contributed by atoms with Crippen molar-refractivity contribution in [2.45, 2.75) is 44.9 Å². The van der Waals surface area contributed by atoms with Gasteiger partial charge >= 0.3 is 6.18 Å². The van der Waals surface area contributed by atoms with Gasteiger partial charge in [-0.2, -0.15) is 13.2 Å². The normalized spacial score (nSPS) is 22.7. The van der Waals surface area contributed by atoms with Crippen LogP contribution < -0.4 is 10.6 Å². The van der Waals surface area contributed by atoms with Crippen LogP contribution in [0.1, 0.15) is 33.1 Å². The van der Waals surface area contributed by atoms with Gasteiger partial charge in [0.25, 0.3) is 0 Å². The highest BCUT2D eigenvalue weighted by molar-refractivity contribution is 5.79. The Morgan fingerprint density at radius 1 is 1.07 bits per heavy atom. The van der Waals surface area contributed by atoms with Crippen LogP contribution in [0.4, 0.5) is 13.2 Å². The Balaban J connectivity index is 1.70. The van der Waals surface area contributed by atoms with Crippen LogP contribution in [-0.2, 0) is 4.74 Å². The third-order valence-corrected chi connectivity index (χ3v) is 5.55. The number of rotatable bonds is 9. The number of β-amino-alcohol motifs (C(OH)–C–C–N with tert-alkyl or cyclic N) is 1. The quantitative estimate of drug-likeness (QED) is 0.373. The molecule has 0 aromatic heterocycles. The number of hydrogen-bond donors (Lipinski definition) is 3. The van der Waals surface area contributed by atoms with E-state index in [1.807, 2.05) is 6.92 Å². The summed E-state index contributed by atoms with van der Waals surface area (Å²) in [4.78, 5) is 8.22. The van der Waals surface area contributed by atoms with Crippen molar-refractivity contribution in [1.82, 2.24) is 20.4 Å². The largest absolute Gasteiger partial charge is 0.401 e. The first kappa shape index (κ1) is 25.2. The fourth-order valence-corrected chi connectivity index (χ4v) is 3.96. The molecular formula is C20H38F3N5O2. The Kier molecular flexibility index (Phi) is 10.1. The number of guanidine groups is 1. The molecule has 0 saturated carbocycles. The summed E-state index contributed by atoms with van der Waals surface area (Å²) in [7, 11) is 0. The lowest BCUT2D eigenvalue weighted by Gasteiger charge is -2.33. The van der Waals surface area contributed by atoms with E-state index in [2.05, 4.69) is 20.5 Å². The van der Waals surface area contributed by atoms with E-state index < -0.39 is 18.3 Å². The summed E-state index contributed by atoms with van der Waals surface area (Å²) in [5, 5.41) is 17.2. The fraction of sp³-hybridized carbons (Fsp3) is 0.950. The van der Waals surface area contributed by atoms with Crippen LogP contribution in [0.5, 0.6) is 0 Å². The molecule has 2 heterocycles. The second-order valence-electron chi connectivity index (χ2n) is 8.63. The minimum absolute atomic E-state index is 0.287. The predicted molar refractivity (Wildman–Crippen MR) is 112 cm³/mol. The van der Waals surface area contributed by atoms with Gasteiger partial charge in [-0.3, -0.25) is 14.8 Å². The van der Waals surface area contributed by atoms with Gasteiger partial charge in [-0.1, -0.05) is 0 Å². The Morgan fingerprint density at radius 3 is 2.30 bits per heavy atom. The fourth-order valence-electron chi connectivity index (χ4n) is 3.96. The Hall–Kier alpha value is -1.10. The number of aliphatic hydroxyl groups is 1. The number of morpholine rings is 1. The van der Waals surface area contributed by atoms with E-state index in [4.69, 9.17) is 4.74 Å². The van der Waals surface area contributed by atoms with Crippen molar-refractivity contribution in [3.63, 3.8) is 0 Å². The van der Waals surface area contributed by atoms with Gasteiger partial charge in [0.2, 0.25) is 0 Å². The number of ether oxygens (including phenoxy) is 1. The molecular weight excluding hydrogens is 399 g/mol. The maximum atomic E-state index is 12.5. The van der Waals surface area contributed by atoms with Crippen molar-refractivity contribution in [3.8, 4) is 0 Å². The summed E-state index contributed by atoms with van der Waals surface area (Å²) in [6.45, 7) is 9.27. The Morgan fingerprint density at radius 2 is 1.70 bits per heavy atom. The molecule has 7 nitrogen and oxygen atoms in total. The highest BCUT2D eigenvalue weighted by Crippen LogP contribution is 2.24. The van der Waals surface area contributed by atoms with E-state index in [1.165, 1.54) is 4.90 Å². The zero-order chi connectivity index (χ0) is 22.0. The third-order valence-electron chi connectivity index (χ3n) is 5.55. The van der Waals surface area contributed by atoms with Gasteiger partial charge in [-0.15, -0.1) is 0 Å². The maximum Gasteiger partial charge on any atom is 0.401 e. The van der Waals surface area contributed by atoms with Crippen molar-refractivity contribution in [2.75, 3.05) is 72.1 Å². The highest BCUT2D eigenvalue weighted by atomic mass is 19.4. The third kappa shape index (κ3) is 10.3. The van der Waals surface area contributed by atoms with Crippen molar-refractivity contribution in [2.24, 2.45) is 10.9 Å². The summed E-state index contributed by atoms with van der Waals surface area (Å²) >= 11 is 0. The molecule has 2 aliphatic heterocycles. The van der Waals surface area contributed by atoms with E-state index in [0.29, 0.717) is 57.8 Å². The molecule has 0 aromatic carbocycles. The molecule has 1 atom stereocenters. The van der Waals surface area contributed by atoms with Gasteiger partial charge in [-0.25, -0.2) is 0 Å². The van der Waals surface area contributed by atoms with Crippen LogP contribution in [0.25, 0.3) is 0 Å². The number of likely N-dealkylation sites (tertiary alicyclic amines) is 1. The molecule has 0 amide bonds. The predicted octanol–water partition coefficient (Wildman–Crippen LogP) is 1.29. The summed E-state index contributed by atoms with van der Waals surface area (Å²) in [5.74, 6) is 1.09. The van der Waals surface area contributed by atoms with Gasteiger partial charge in [0.15, 0.2) is 5.96 Å². The van der Waals surface area contributed by atoms with Crippen LogP contribution in [-0.4, -0.2) is 105 Å². The Bertz CT molecular complexity index is 517. The number of aliphatic imine (C=N–C) groups is 1. The highest BCUT2D eigenvalue weighted by Gasteiger charge is 2.32. The molecule has 2 rings (SSSR count). The molecule has 0 aromatic rings. The van der Waals surface area contributed by atoms with E-state index in [0.717, 1.165) is 32.4 Å². The molecule has 30 heavy (non-hydrogen) atoms. The van der Waals surface area contributed by atoms with Crippen LogP contribution in [0, 0.1) is 5.92 Å². The molecule has 2 aliphatic rings. The first-order valence-electron chi connectivity index (χ1n) is 11.0. The first-order valence-corrected chi connectivity index (χ1v) is 11.0. The van der Waals surface area contributed by atoms with Crippen LogP contribution >= 0.6 is 0 Å². The lowest BCUT2D eigenvalue weighted by atomic mass is 9.93. The minimum atomic E-state index is -4.12. The molecule has 3 N–H and O–H groups in total. The second-order valence-corrected chi connectivity index (χ2v) is 8.63. The molecule has 2 saturated heterocycles.